The summed E-state index contributed by atoms with van der Waals surface area (Å²) in [5.74, 6) is 1.09. The molecule has 136 valence electrons. The summed E-state index contributed by atoms with van der Waals surface area (Å²) in [6.45, 7) is 5.65. The van der Waals surface area contributed by atoms with Crippen molar-refractivity contribution in [1.82, 2.24) is 5.32 Å². The van der Waals surface area contributed by atoms with Gasteiger partial charge in [-0.3, -0.25) is 4.79 Å². The zero-order chi connectivity index (χ0) is 17.4. The van der Waals surface area contributed by atoms with Crippen molar-refractivity contribution in [3.05, 3.63) is 54.0 Å². The number of rotatable bonds is 7. The van der Waals surface area contributed by atoms with Crippen LogP contribution >= 0.6 is 24.0 Å². The van der Waals surface area contributed by atoms with E-state index in [0.717, 1.165) is 18.5 Å². The molecule has 0 bridgehead atoms. The molecule has 4 N–H and O–H groups in total. The number of hydrogen-bond acceptors (Lipinski definition) is 3. The molecular weight excluding hydrogens is 431 g/mol. The van der Waals surface area contributed by atoms with Gasteiger partial charge >= 0.3 is 0 Å². The van der Waals surface area contributed by atoms with E-state index in [1.165, 1.54) is 6.26 Å². The maximum absolute atomic E-state index is 11.9. The minimum absolute atomic E-state index is 0. The minimum atomic E-state index is -0.274. The maximum Gasteiger partial charge on any atom is 0.291 e. The fraction of sp³-hybridized carbons (Fsp3) is 0.333. The molecule has 0 aliphatic heterocycles. The first-order valence-corrected chi connectivity index (χ1v) is 8.02. The van der Waals surface area contributed by atoms with E-state index in [1.54, 1.807) is 12.1 Å². The molecule has 0 spiro atoms. The molecule has 1 aromatic heterocycles. The summed E-state index contributed by atoms with van der Waals surface area (Å²) in [7, 11) is 0. The lowest BCUT2D eigenvalue weighted by Gasteiger charge is -2.08. The van der Waals surface area contributed by atoms with E-state index < -0.39 is 0 Å². The molecule has 0 unspecified atom stereocenters. The Hall–Kier alpha value is -2.03. The lowest BCUT2D eigenvalue weighted by molar-refractivity contribution is 0.0996. The smallest absolute Gasteiger partial charge is 0.291 e. The molecule has 0 radical (unpaired) electrons. The fourth-order valence-electron chi connectivity index (χ4n) is 2.02. The second kappa shape index (κ2) is 10.8. The first kappa shape index (κ1) is 21.0. The van der Waals surface area contributed by atoms with E-state index in [0.29, 0.717) is 24.1 Å². The van der Waals surface area contributed by atoms with E-state index in [4.69, 9.17) is 10.2 Å². The number of anilines is 1. The molecule has 0 atom stereocenters. The highest BCUT2D eigenvalue weighted by Crippen LogP contribution is 2.12. The van der Waals surface area contributed by atoms with Crippen molar-refractivity contribution in [2.75, 3.05) is 11.9 Å². The van der Waals surface area contributed by atoms with Crippen LogP contribution < -0.4 is 16.4 Å². The lowest BCUT2D eigenvalue weighted by atomic mass is 10.1. The number of furan rings is 1. The molecule has 0 saturated carbocycles. The van der Waals surface area contributed by atoms with E-state index in [-0.39, 0.29) is 35.6 Å². The number of benzene rings is 1. The van der Waals surface area contributed by atoms with Crippen molar-refractivity contribution < 1.29 is 9.21 Å². The van der Waals surface area contributed by atoms with Gasteiger partial charge in [0.25, 0.3) is 5.91 Å². The fourth-order valence-corrected chi connectivity index (χ4v) is 2.02. The second-order valence-electron chi connectivity index (χ2n) is 5.94. The van der Waals surface area contributed by atoms with Gasteiger partial charge in [-0.15, -0.1) is 24.0 Å². The zero-order valence-corrected chi connectivity index (χ0v) is 16.8. The predicted molar refractivity (Wildman–Crippen MR) is 111 cm³/mol. The van der Waals surface area contributed by atoms with Crippen molar-refractivity contribution in [2.24, 2.45) is 16.6 Å². The van der Waals surface area contributed by atoms with Crippen LogP contribution in [0.25, 0.3) is 0 Å². The van der Waals surface area contributed by atoms with Gasteiger partial charge < -0.3 is 20.8 Å². The molecule has 7 heteroatoms. The monoisotopic (exact) mass is 456 g/mol. The topological polar surface area (TPSA) is 92.6 Å². The van der Waals surface area contributed by atoms with Crippen LogP contribution in [-0.4, -0.2) is 18.4 Å². The average molecular weight is 456 g/mol. The Morgan fingerprint density at radius 1 is 1.24 bits per heavy atom. The van der Waals surface area contributed by atoms with Gasteiger partial charge in [-0.25, -0.2) is 4.99 Å². The Labute approximate surface area is 165 Å². The van der Waals surface area contributed by atoms with Gasteiger partial charge in [0.05, 0.1) is 12.8 Å². The van der Waals surface area contributed by atoms with Gasteiger partial charge in [-0.05, 0) is 42.2 Å². The number of carbonyl (C=O) groups excluding carboxylic acids is 1. The normalized spacial score (nSPS) is 11.1. The first-order chi connectivity index (χ1) is 11.5. The number of nitrogens with one attached hydrogen (secondary N) is 2. The largest absolute Gasteiger partial charge is 0.459 e. The lowest BCUT2D eigenvalue weighted by Crippen LogP contribution is -2.32. The highest BCUT2D eigenvalue weighted by molar-refractivity contribution is 14.0. The number of nitrogens with zero attached hydrogens (tertiary/aromatic N) is 1. The molecule has 1 aromatic carbocycles. The molecule has 1 heterocycles. The molecule has 0 aliphatic carbocycles. The highest BCUT2D eigenvalue weighted by atomic mass is 127. The van der Waals surface area contributed by atoms with E-state index in [9.17, 15) is 4.79 Å². The van der Waals surface area contributed by atoms with Gasteiger partial charge in [0, 0.05) is 12.2 Å². The summed E-state index contributed by atoms with van der Waals surface area (Å²) in [6, 6.07) is 10.8. The summed E-state index contributed by atoms with van der Waals surface area (Å²) >= 11 is 0. The molecule has 0 fully saturated rings. The minimum Gasteiger partial charge on any atom is -0.459 e. The van der Waals surface area contributed by atoms with Crippen LogP contribution in [0.5, 0.6) is 0 Å². The SMILES string of the molecule is CC(C)CCNC(N)=NCc1ccc(NC(=O)c2ccco2)cc1.I. The number of halogens is 1. The Balaban J connectivity index is 0.00000312. The van der Waals surface area contributed by atoms with Crippen molar-refractivity contribution in [1.29, 1.82) is 0 Å². The molecule has 0 aliphatic rings. The number of guanidine groups is 1. The van der Waals surface area contributed by atoms with Crippen LogP contribution in [0.2, 0.25) is 0 Å². The predicted octanol–water partition coefficient (Wildman–Crippen LogP) is 3.60. The Kier molecular flexibility index (Phi) is 9.04. The van der Waals surface area contributed by atoms with Crippen LogP contribution in [0.3, 0.4) is 0 Å². The zero-order valence-electron chi connectivity index (χ0n) is 14.5. The third-order valence-corrected chi connectivity index (χ3v) is 3.42. The number of hydrogen-bond donors (Lipinski definition) is 3. The number of aliphatic imine (C=N–C) groups is 1. The van der Waals surface area contributed by atoms with Gasteiger partial charge in [0.2, 0.25) is 0 Å². The Morgan fingerprint density at radius 2 is 1.96 bits per heavy atom. The summed E-state index contributed by atoms with van der Waals surface area (Å²) in [5.41, 5.74) is 7.54. The molecule has 25 heavy (non-hydrogen) atoms. The third kappa shape index (κ3) is 7.59. The van der Waals surface area contributed by atoms with Crippen molar-refractivity contribution in [3.63, 3.8) is 0 Å². The van der Waals surface area contributed by atoms with Crippen molar-refractivity contribution in [3.8, 4) is 0 Å². The average Bonchev–Trinajstić information content (AvgIpc) is 3.08. The Morgan fingerprint density at radius 3 is 2.56 bits per heavy atom. The number of carbonyl (C=O) groups is 1. The Bertz CT molecular complexity index is 667. The van der Waals surface area contributed by atoms with Gasteiger partial charge in [0.1, 0.15) is 0 Å². The van der Waals surface area contributed by atoms with Crippen LogP contribution in [0.15, 0.2) is 52.1 Å². The van der Waals surface area contributed by atoms with Crippen LogP contribution in [0.4, 0.5) is 5.69 Å². The van der Waals surface area contributed by atoms with Crippen molar-refractivity contribution in [2.45, 2.75) is 26.8 Å². The summed E-state index contributed by atoms with van der Waals surface area (Å²) in [5, 5.41) is 5.87. The standard InChI is InChI=1S/C18H24N4O2.HI/c1-13(2)9-10-20-18(19)21-12-14-5-7-15(8-6-14)22-17(23)16-4-3-11-24-16;/h3-8,11,13H,9-10,12H2,1-2H3,(H,22,23)(H3,19,20,21);1H. The third-order valence-electron chi connectivity index (χ3n) is 3.42. The van der Waals surface area contributed by atoms with E-state index in [1.807, 2.05) is 24.3 Å². The van der Waals surface area contributed by atoms with E-state index in [2.05, 4.69) is 29.5 Å². The molecule has 6 nitrogen and oxygen atoms in total. The first-order valence-electron chi connectivity index (χ1n) is 8.02. The van der Waals surface area contributed by atoms with Crippen molar-refractivity contribution >= 4 is 41.5 Å². The highest BCUT2D eigenvalue weighted by Gasteiger charge is 2.08. The molecule has 1 amide bonds. The van der Waals surface area contributed by atoms with Crippen LogP contribution in [-0.2, 0) is 6.54 Å². The maximum atomic E-state index is 11.9. The van der Waals surface area contributed by atoms with Crippen LogP contribution in [0.1, 0.15) is 36.4 Å². The molecular formula is C18H25IN4O2. The quantitative estimate of drug-likeness (QED) is 0.337. The number of amides is 1. The summed E-state index contributed by atoms with van der Waals surface area (Å²) < 4.78 is 5.05. The van der Waals surface area contributed by atoms with Gasteiger partial charge in [0.15, 0.2) is 11.7 Å². The molecule has 2 rings (SSSR count). The molecule has 0 saturated heterocycles. The van der Waals surface area contributed by atoms with Gasteiger partial charge in [-0.1, -0.05) is 26.0 Å². The number of nitrogens with two attached hydrogens (primary N) is 1. The van der Waals surface area contributed by atoms with Gasteiger partial charge in [-0.2, -0.15) is 0 Å². The summed E-state index contributed by atoms with van der Waals surface area (Å²) in [6.07, 6.45) is 2.52. The van der Waals surface area contributed by atoms with E-state index >= 15 is 0 Å². The second-order valence-corrected chi connectivity index (χ2v) is 5.94. The van der Waals surface area contributed by atoms with Crippen LogP contribution in [0, 0.1) is 5.92 Å². The molecule has 2 aromatic rings. The summed E-state index contributed by atoms with van der Waals surface area (Å²) in [4.78, 5) is 16.2.